The van der Waals surface area contributed by atoms with E-state index < -0.39 is 11.9 Å². The van der Waals surface area contributed by atoms with Gasteiger partial charge >= 0.3 is 5.97 Å². The van der Waals surface area contributed by atoms with Gasteiger partial charge in [-0.3, -0.25) is 9.59 Å². The molecule has 6 heteroatoms. The Morgan fingerprint density at radius 2 is 2.04 bits per heavy atom. The second kappa shape index (κ2) is 6.24. The van der Waals surface area contributed by atoms with E-state index in [0.717, 1.165) is 5.56 Å². The van der Waals surface area contributed by atoms with E-state index in [0.29, 0.717) is 30.7 Å². The average Bonchev–Trinajstić information content (AvgIpc) is 3.09. The van der Waals surface area contributed by atoms with E-state index in [2.05, 4.69) is 4.98 Å². The van der Waals surface area contributed by atoms with Gasteiger partial charge in [0.25, 0.3) is 5.91 Å². The van der Waals surface area contributed by atoms with Gasteiger partial charge in [0.15, 0.2) is 12.2 Å². The maximum Gasteiger partial charge on any atom is 0.308 e. The fraction of sp³-hybridized carbons (Fsp3) is 0.353. The molecule has 1 aliphatic rings. The van der Waals surface area contributed by atoms with E-state index >= 15 is 0 Å². The fourth-order valence-corrected chi connectivity index (χ4v) is 3.06. The Hall–Kier alpha value is -2.63. The van der Waals surface area contributed by atoms with Crippen LogP contribution in [0.5, 0.6) is 0 Å². The smallest absolute Gasteiger partial charge is 0.308 e. The Morgan fingerprint density at radius 1 is 1.30 bits per heavy atom. The van der Waals surface area contributed by atoms with Gasteiger partial charge in [0.1, 0.15) is 0 Å². The Bertz CT molecular complexity index is 694. The van der Waals surface area contributed by atoms with Crippen molar-refractivity contribution in [1.82, 2.24) is 9.88 Å². The monoisotopic (exact) mass is 314 g/mol. The molecule has 2 aromatic rings. The minimum atomic E-state index is -0.837. The first-order chi connectivity index (χ1) is 11.1. The van der Waals surface area contributed by atoms with Crippen LogP contribution in [-0.2, 0) is 4.79 Å². The minimum absolute atomic E-state index is 0.132. The van der Waals surface area contributed by atoms with Crippen LogP contribution in [0.1, 0.15) is 30.1 Å². The summed E-state index contributed by atoms with van der Waals surface area (Å²) < 4.78 is 5.22. The van der Waals surface area contributed by atoms with E-state index in [1.807, 2.05) is 0 Å². The highest BCUT2D eigenvalue weighted by Crippen LogP contribution is 2.26. The van der Waals surface area contributed by atoms with Gasteiger partial charge in [0.05, 0.1) is 12.1 Å². The summed E-state index contributed by atoms with van der Waals surface area (Å²) in [5, 5.41) is 9.27. The van der Waals surface area contributed by atoms with Crippen molar-refractivity contribution >= 4 is 11.9 Å². The van der Waals surface area contributed by atoms with Gasteiger partial charge in [-0.15, -0.1) is 0 Å². The van der Waals surface area contributed by atoms with Crippen molar-refractivity contribution in [3.63, 3.8) is 0 Å². The number of oxazole rings is 1. The summed E-state index contributed by atoms with van der Waals surface area (Å²) in [6.07, 6.45) is 4.30. The zero-order valence-corrected chi connectivity index (χ0v) is 12.8. The molecule has 1 amide bonds. The van der Waals surface area contributed by atoms with Gasteiger partial charge in [0.2, 0.25) is 0 Å². The van der Waals surface area contributed by atoms with Crippen LogP contribution in [0.15, 0.2) is 41.3 Å². The Morgan fingerprint density at radius 3 is 2.65 bits per heavy atom. The topological polar surface area (TPSA) is 83.6 Å². The molecule has 1 aromatic carbocycles. The molecule has 6 nitrogen and oxygen atoms in total. The number of hydrogen-bond acceptors (Lipinski definition) is 4. The van der Waals surface area contributed by atoms with Gasteiger partial charge in [-0.2, -0.15) is 0 Å². The number of aromatic nitrogens is 1. The molecule has 2 heterocycles. The number of hydrogen-bond donors (Lipinski definition) is 1. The van der Waals surface area contributed by atoms with Crippen molar-refractivity contribution < 1.29 is 19.1 Å². The van der Waals surface area contributed by atoms with Crippen LogP contribution in [0.3, 0.4) is 0 Å². The first kappa shape index (κ1) is 15.3. The molecule has 0 unspecified atom stereocenters. The van der Waals surface area contributed by atoms with Crippen molar-refractivity contribution in [2.24, 2.45) is 5.92 Å². The Balaban J connectivity index is 1.78. The third-order valence-electron chi connectivity index (χ3n) is 4.41. The third kappa shape index (κ3) is 2.97. The predicted octanol–water partition coefficient (Wildman–Crippen LogP) is 2.67. The zero-order chi connectivity index (χ0) is 16.4. The molecule has 0 bridgehead atoms. The summed E-state index contributed by atoms with van der Waals surface area (Å²) in [7, 11) is 0. The molecule has 1 fully saturated rings. The summed E-state index contributed by atoms with van der Waals surface area (Å²) in [4.78, 5) is 29.5. The molecule has 1 aromatic heterocycles. The molecule has 2 atom stereocenters. The molecule has 120 valence electrons. The van der Waals surface area contributed by atoms with E-state index in [9.17, 15) is 14.7 Å². The molecule has 1 aliphatic heterocycles. The van der Waals surface area contributed by atoms with E-state index in [1.54, 1.807) is 42.3 Å². The number of likely N-dealkylation sites (tertiary alicyclic amines) is 1. The summed E-state index contributed by atoms with van der Waals surface area (Å²) >= 11 is 0. The van der Waals surface area contributed by atoms with Crippen LogP contribution in [0.4, 0.5) is 0 Å². The lowest BCUT2D eigenvalue weighted by molar-refractivity contribution is -0.144. The van der Waals surface area contributed by atoms with Gasteiger partial charge in [-0.25, -0.2) is 4.98 Å². The van der Waals surface area contributed by atoms with E-state index in [1.165, 1.54) is 6.39 Å². The average molecular weight is 314 g/mol. The molecule has 0 radical (unpaired) electrons. The Kier molecular flexibility index (Phi) is 4.14. The molecule has 1 N–H and O–H groups in total. The lowest BCUT2D eigenvalue weighted by Gasteiger charge is -2.37. The van der Waals surface area contributed by atoms with Crippen molar-refractivity contribution in [3.05, 3.63) is 42.4 Å². The number of nitrogens with zero attached hydrogens (tertiary/aromatic N) is 2. The van der Waals surface area contributed by atoms with Crippen LogP contribution >= 0.6 is 0 Å². The number of aliphatic carboxylic acids is 1. The van der Waals surface area contributed by atoms with Crippen molar-refractivity contribution in [3.8, 4) is 11.3 Å². The standard InChI is InChI=1S/C17H18N2O4/c1-11-14(17(21)22)3-2-8-19(11)16(20)13-6-4-12(5-7-13)15-9-18-10-23-15/h4-7,9-11,14H,2-3,8H2,1H3,(H,21,22)/t11-,14-/m1/s1. The maximum atomic E-state index is 12.7. The normalized spacial score (nSPS) is 21.2. The second-order valence-electron chi connectivity index (χ2n) is 5.77. The van der Waals surface area contributed by atoms with Crippen LogP contribution < -0.4 is 0 Å². The molecular formula is C17H18N2O4. The predicted molar refractivity (Wildman–Crippen MR) is 82.8 cm³/mol. The lowest BCUT2D eigenvalue weighted by atomic mass is 9.90. The molecule has 0 saturated carbocycles. The lowest BCUT2D eigenvalue weighted by Crippen LogP contribution is -2.49. The minimum Gasteiger partial charge on any atom is -0.481 e. The van der Waals surface area contributed by atoms with E-state index in [-0.39, 0.29) is 11.9 Å². The number of rotatable bonds is 3. The SMILES string of the molecule is C[C@@H]1[C@H](C(=O)O)CCCN1C(=O)c1ccc(-c2cnco2)cc1. The number of carboxylic acids is 1. The van der Waals surface area contributed by atoms with Crippen molar-refractivity contribution in [2.75, 3.05) is 6.54 Å². The number of benzene rings is 1. The zero-order valence-electron chi connectivity index (χ0n) is 12.8. The van der Waals surface area contributed by atoms with Crippen molar-refractivity contribution in [2.45, 2.75) is 25.8 Å². The summed E-state index contributed by atoms with van der Waals surface area (Å²) in [6, 6.07) is 6.77. The Labute approximate surface area is 133 Å². The molecular weight excluding hydrogens is 296 g/mol. The van der Waals surface area contributed by atoms with Gasteiger partial charge in [-0.1, -0.05) is 12.1 Å². The number of carbonyl (C=O) groups excluding carboxylic acids is 1. The van der Waals surface area contributed by atoms with Crippen LogP contribution in [-0.4, -0.2) is 39.5 Å². The summed E-state index contributed by atoms with van der Waals surface area (Å²) in [5.74, 6) is -0.828. The highest BCUT2D eigenvalue weighted by molar-refractivity contribution is 5.95. The largest absolute Gasteiger partial charge is 0.481 e. The van der Waals surface area contributed by atoms with Gasteiger partial charge in [-0.05, 0) is 31.9 Å². The van der Waals surface area contributed by atoms with Crippen LogP contribution in [0, 0.1) is 5.92 Å². The number of piperidine rings is 1. The molecule has 0 aliphatic carbocycles. The molecule has 0 spiro atoms. The number of amides is 1. The van der Waals surface area contributed by atoms with E-state index in [4.69, 9.17) is 4.42 Å². The highest BCUT2D eigenvalue weighted by atomic mass is 16.4. The molecule has 1 saturated heterocycles. The van der Waals surface area contributed by atoms with Crippen molar-refractivity contribution in [1.29, 1.82) is 0 Å². The summed E-state index contributed by atoms with van der Waals surface area (Å²) in [5.41, 5.74) is 1.39. The fourth-order valence-electron chi connectivity index (χ4n) is 3.06. The summed E-state index contributed by atoms with van der Waals surface area (Å²) in [6.45, 7) is 2.40. The first-order valence-corrected chi connectivity index (χ1v) is 7.60. The van der Waals surface area contributed by atoms with Gasteiger partial charge < -0.3 is 14.4 Å². The first-order valence-electron chi connectivity index (χ1n) is 7.60. The van der Waals surface area contributed by atoms with Gasteiger partial charge in [0, 0.05) is 23.7 Å². The molecule has 3 rings (SSSR count). The second-order valence-corrected chi connectivity index (χ2v) is 5.77. The van der Waals surface area contributed by atoms with Crippen LogP contribution in [0.25, 0.3) is 11.3 Å². The maximum absolute atomic E-state index is 12.7. The van der Waals surface area contributed by atoms with Crippen LogP contribution in [0.2, 0.25) is 0 Å². The molecule has 23 heavy (non-hydrogen) atoms. The highest BCUT2D eigenvalue weighted by Gasteiger charge is 2.35. The number of carbonyl (C=O) groups is 2. The quantitative estimate of drug-likeness (QED) is 0.941. The number of carboxylic acid groups (broad SMARTS) is 1. The third-order valence-corrected chi connectivity index (χ3v) is 4.41.